The lowest BCUT2D eigenvalue weighted by Crippen LogP contribution is -2.47. The number of aliphatic carboxylic acids is 1. The number of carbonyl (C=O) groups is 2. The third-order valence-electron chi connectivity index (χ3n) is 4.27. The van der Waals surface area contributed by atoms with Crippen LogP contribution in [0.2, 0.25) is 0 Å². The minimum atomic E-state index is -0.796. The van der Waals surface area contributed by atoms with E-state index in [4.69, 9.17) is 5.11 Å². The van der Waals surface area contributed by atoms with Gasteiger partial charge in [0.25, 0.3) is 0 Å². The molecular weight excluding hydrogens is 258 g/mol. The van der Waals surface area contributed by atoms with Crippen LogP contribution in [0.25, 0.3) is 0 Å². The minimum Gasteiger partial charge on any atom is -0.480 e. The molecular formula is C14H25N3O3. The molecule has 0 bridgehead atoms. The number of rotatable bonds is 2. The molecule has 0 aromatic carbocycles. The Hall–Kier alpha value is -1.30. The monoisotopic (exact) mass is 283 g/mol. The Morgan fingerprint density at radius 2 is 1.65 bits per heavy atom. The van der Waals surface area contributed by atoms with E-state index in [9.17, 15) is 9.59 Å². The Balaban J connectivity index is 1.83. The van der Waals surface area contributed by atoms with Gasteiger partial charge in [-0.2, -0.15) is 0 Å². The third-order valence-corrected chi connectivity index (χ3v) is 4.27. The van der Waals surface area contributed by atoms with Crippen molar-refractivity contribution in [2.24, 2.45) is 5.92 Å². The van der Waals surface area contributed by atoms with Crippen LogP contribution < -0.4 is 0 Å². The molecule has 0 saturated carbocycles. The molecule has 2 heterocycles. The second kappa shape index (κ2) is 6.92. The molecule has 0 radical (unpaired) electrons. The van der Waals surface area contributed by atoms with Crippen molar-refractivity contribution in [1.82, 2.24) is 14.7 Å². The largest absolute Gasteiger partial charge is 0.480 e. The highest BCUT2D eigenvalue weighted by molar-refractivity contribution is 5.74. The van der Waals surface area contributed by atoms with E-state index in [0.717, 1.165) is 45.4 Å². The van der Waals surface area contributed by atoms with Gasteiger partial charge in [0.2, 0.25) is 0 Å². The Morgan fingerprint density at radius 3 is 2.30 bits per heavy atom. The first-order valence-corrected chi connectivity index (χ1v) is 7.54. The van der Waals surface area contributed by atoms with Gasteiger partial charge in [0.1, 0.15) is 0 Å². The lowest BCUT2D eigenvalue weighted by Gasteiger charge is -2.34. The Morgan fingerprint density at radius 1 is 1.00 bits per heavy atom. The second-order valence-corrected chi connectivity index (χ2v) is 5.96. The number of carboxylic acid groups (broad SMARTS) is 1. The average molecular weight is 283 g/mol. The molecule has 0 aromatic heterocycles. The van der Waals surface area contributed by atoms with Gasteiger partial charge in [-0.25, -0.2) is 4.79 Å². The topological polar surface area (TPSA) is 64.1 Å². The highest BCUT2D eigenvalue weighted by atomic mass is 16.4. The van der Waals surface area contributed by atoms with Crippen molar-refractivity contribution in [3.63, 3.8) is 0 Å². The van der Waals surface area contributed by atoms with E-state index in [1.807, 2.05) is 14.7 Å². The molecule has 1 N–H and O–H groups in total. The zero-order valence-electron chi connectivity index (χ0n) is 12.3. The predicted octanol–water partition coefficient (Wildman–Crippen LogP) is 0.931. The summed E-state index contributed by atoms with van der Waals surface area (Å²) in [6.07, 6.45) is 3.03. The van der Waals surface area contributed by atoms with Crippen LogP contribution >= 0.6 is 0 Å². The van der Waals surface area contributed by atoms with Crippen molar-refractivity contribution in [3.05, 3.63) is 0 Å². The fraction of sp³-hybridized carbons (Fsp3) is 0.857. The highest BCUT2D eigenvalue weighted by Crippen LogP contribution is 2.18. The van der Waals surface area contributed by atoms with Gasteiger partial charge in [0.15, 0.2) is 0 Å². The maximum absolute atomic E-state index is 12.5. The highest BCUT2D eigenvalue weighted by Gasteiger charge is 2.26. The molecule has 2 rings (SSSR count). The van der Waals surface area contributed by atoms with E-state index in [1.54, 1.807) is 0 Å². The van der Waals surface area contributed by atoms with Crippen molar-refractivity contribution in [3.8, 4) is 0 Å². The number of hydrogen-bond acceptors (Lipinski definition) is 3. The van der Waals surface area contributed by atoms with Gasteiger partial charge in [-0.05, 0) is 25.2 Å². The molecule has 2 amide bonds. The second-order valence-electron chi connectivity index (χ2n) is 5.96. The Labute approximate surface area is 120 Å². The lowest BCUT2D eigenvalue weighted by molar-refractivity contribution is -0.138. The first kappa shape index (κ1) is 15.1. The van der Waals surface area contributed by atoms with Crippen LogP contribution in [0.15, 0.2) is 0 Å². The number of carbonyl (C=O) groups excluding carboxylic acids is 1. The number of carboxylic acids is 1. The van der Waals surface area contributed by atoms with E-state index in [2.05, 4.69) is 6.92 Å². The van der Waals surface area contributed by atoms with E-state index in [0.29, 0.717) is 19.0 Å². The lowest BCUT2D eigenvalue weighted by atomic mass is 9.99. The van der Waals surface area contributed by atoms with E-state index in [1.165, 1.54) is 0 Å². The molecule has 0 aliphatic carbocycles. The maximum Gasteiger partial charge on any atom is 0.320 e. The molecule has 0 spiro atoms. The van der Waals surface area contributed by atoms with Crippen LogP contribution in [-0.2, 0) is 4.79 Å². The molecule has 6 nitrogen and oxygen atoms in total. The quantitative estimate of drug-likeness (QED) is 0.819. The van der Waals surface area contributed by atoms with Crippen molar-refractivity contribution in [2.75, 3.05) is 45.8 Å². The first-order chi connectivity index (χ1) is 9.56. The number of piperidine rings is 1. The maximum atomic E-state index is 12.5. The van der Waals surface area contributed by atoms with Crippen LogP contribution in [-0.4, -0.2) is 77.6 Å². The molecule has 6 heteroatoms. The van der Waals surface area contributed by atoms with Crippen molar-refractivity contribution >= 4 is 12.0 Å². The summed E-state index contributed by atoms with van der Waals surface area (Å²) in [7, 11) is 0. The summed E-state index contributed by atoms with van der Waals surface area (Å²) in [6.45, 7) is 6.81. The number of nitrogens with zero attached hydrogens (tertiary/aromatic N) is 3. The summed E-state index contributed by atoms with van der Waals surface area (Å²) in [6, 6.07) is 0.133. The fourth-order valence-corrected chi connectivity index (χ4v) is 2.91. The van der Waals surface area contributed by atoms with Gasteiger partial charge >= 0.3 is 12.0 Å². The van der Waals surface area contributed by atoms with Crippen molar-refractivity contribution < 1.29 is 14.7 Å². The van der Waals surface area contributed by atoms with Gasteiger partial charge < -0.3 is 14.9 Å². The summed E-state index contributed by atoms with van der Waals surface area (Å²) >= 11 is 0. The molecule has 0 aromatic rings. The third kappa shape index (κ3) is 4.10. The van der Waals surface area contributed by atoms with Crippen LogP contribution in [0.4, 0.5) is 4.79 Å². The summed E-state index contributed by atoms with van der Waals surface area (Å²) in [4.78, 5) is 28.9. The van der Waals surface area contributed by atoms with Crippen LogP contribution in [0.1, 0.15) is 26.2 Å². The van der Waals surface area contributed by atoms with Gasteiger partial charge in [0, 0.05) is 39.3 Å². The number of hydrogen-bond donors (Lipinski definition) is 1. The van der Waals surface area contributed by atoms with Gasteiger partial charge in [0.05, 0.1) is 6.54 Å². The Bertz CT molecular complexity index is 354. The first-order valence-electron chi connectivity index (χ1n) is 7.54. The molecule has 2 saturated heterocycles. The van der Waals surface area contributed by atoms with Gasteiger partial charge in [-0.3, -0.25) is 9.69 Å². The Kier molecular flexibility index (Phi) is 5.23. The standard InChI is InChI=1S/C14H25N3O3/c1-12-3-7-17(8-4-12)14(20)16-6-2-5-15(9-10-16)11-13(18)19/h12H,2-11H2,1H3,(H,18,19). The van der Waals surface area contributed by atoms with Crippen molar-refractivity contribution in [2.45, 2.75) is 26.2 Å². The molecule has 2 fully saturated rings. The summed E-state index contributed by atoms with van der Waals surface area (Å²) in [5, 5.41) is 8.83. The van der Waals surface area contributed by atoms with Gasteiger partial charge in [-0.15, -0.1) is 0 Å². The molecule has 0 unspecified atom stereocenters. The molecule has 114 valence electrons. The van der Waals surface area contributed by atoms with E-state index >= 15 is 0 Å². The van der Waals surface area contributed by atoms with E-state index in [-0.39, 0.29) is 12.6 Å². The van der Waals surface area contributed by atoms with Crippen LogP contribution in [0.3, 0.4) is 0 Å². The molecule has 2 aliphatic rings. The number of amides is 2. The van der Waals surface area contributed by atoms with E-state index < -0.39 is 5.97 Å². The zero-order valence-corrected chi connectivity index (χ0v) is 12.3. The van der Waals surface area contributed by atoms with Crippen LogP contribution in [0.5, 0.6) is 0 Å². The molecule has 2 aliphatic heterocycles. The van der Waals surface area contributed by atoms with Gasteiger partial charge in [-0.1, -0.05) is 6.92 Å². The molecule has 0 atom stereocenters. The normalized spacial score (nSPS) is 22.6. The average Bonchev–Trinajstić information content (AvgIpc) is 2.64. The predicted molar refractivity (Wildman–Crippen MR) is 75.6 cm³/mol. The number of likely N-dealkylation sites (tertiary alicyclic amines) is 1. The fourth-order valence-electron chi connectivity index (χ4n) is 2.91. The summed E-state index contributed by atoms with van der Waals surface area (Å²) in [5.41, 5.74) is 0. The SMILES string of the molecule is CC1CCN(C(=O)N2CCCN(CC(=O)O)CC2)CC1. The smallest absolute Gasteiger partial charge is 0.320 e. The summed E-state index contributed by atoms with van der Waals surface area (Å²) < 4.78 is 0. The minimum absolute atomic E-state index is 0.0727. The molecule has 20 heavy (non-hydrogen) atoms. The van der Waals surface area contributed by atoms with Crippen molar-refractivity contribution in [1.29, 1.82) is 0 Å². The van der Waals surface area contributed by atoms with Crippen LogP contribution in [0, 0.1) is 5.92 Å². The zero-order chi connectivity index (χ0) is 14.5. The summed E-state index contributed by atoms with van der Waals surface area (Å²) in [5.74, 6) is -0.0796. The number of urea groups is 1.